The second-order valence-electron chi connectivity index (χ2n) is 3.29. The maximum absolute atomic E-state index is 8.69. The van der Waals surface area contributed by atoms with Gasteiger partial charge in [-0.3, -0.25) is 0 Å². The largest absolute Gasteiger partial charge is 0.191 e. The van der Waals surface area contributed by atoms with Crippen LogP contribution < -0.4 is 0 Å². The molecule has 0 saturated heterocycles. The highest BCUT2D eigenvalue weighted by atomic mass is 79.9. The van der Waals surface area contributed by atoms with Crippen LogP contribution in [-0.2, 0) is 0 Å². The summed E-state index contributed by atoms with van der Waals surface area (Å²) >= 11 is 9.39. The van der Waals surface area contributed by atoms with E-state index in [9.17, 15) is 0 Å². The molecule has 72 valence electrons. The Balaban J connectivity index is 2.37. The lowest BCUT2D eigenvalue weighted by Gasteiger charge is -2.32. The minimum atomic E-state index is 0.169. The highest BCUT2D eigenvalue weighted by Crippen LogP contribution is 2.42. The Kier molecular flexibility index (Phi) is 2.71. The van der Waals surface area contributed by atoms with Crippen LogP contribution in [0, 0.1) is 11.3 Å². The molecular weight excluding hydrogens is 265 g/mol. The zero-order valence-corrected chi connectivity index (χ0v) is 9.59. The fraction of sp³-hybridized carbons (Fsp3) is 0.444. The molecule has 1 aromatic heterocycles. The van der Waals surface area contributed by atoms with Gasteiger partial charge in [0, 0.05) is 11.3 Å². The van der Waals surface area contributed by atoms with Gasteiger partial charge >= 0.3 is 0 Å². The molecule has 0 aromatic carbocycles. The maximum atomic E-state index is 8.69. The second kappa shape index (κ2) is 3.84. The van der Waals surface area contributed by atoms with Crippen LogP contribution in [0.15, 0.2) is 10.7 Å². The zero-order chi connectivity index (χ0) is 10.1. The van der Waals surface area contributed by atoms with E-state index < -0.39 is 0 Å². The standard InChI is InChI=1S/C9H7BrClN3/c10-9-7(6-1-2-8(6)11)3-5(4-12)13-14-9/h3,6,8H,1-2H2. The monoisotopic (exact) mass is 271 g/mol. The van der Waals surface area contributed by atoms with Crippen molar-refractivity contribution >= 4 is 27.5 Å². The quantitative estimate of drug-likeness (QED) is 0.738. The third-order valence-electron chi connectivity index (χ3n) is 2.48. The molecule has 3 nitrogen and oxygen atoms in total. The lowest BCUT2D eigenvalue weighted by molar-refractivity contribution is 0.426. The van der Waals surface area contributed by atoms with E-state index in [1.807, 2.05) is 6.07 Å². The number of halogens is 2. The summed E-state index contributed by atoms with van der Waals surface area (Å²) in [7, 11) is 0. The highest BCUT2D eigenvalue weighted by Gasteiger charge is 2.32. The third-order valence-corrected chi connectivity index (χ3v) is 3.62. The topological polar surface area (TPSA) is 49.6 Å². The summed E-state index contributed by atoms with van der Waals surface area (Å²) < 4.78 is 0.701. The first-order valence-corrected chi connectivity index (χ1v) is 5.52. The van der Waals surface area contributed by atoms with Crippen LogP contribution in [0.4, 0.5) is 0 Å². The zero-order valence-electron chi connectivity index (χ0n) is 7.24. The van der Waals surface area contributed by atoms with Crippen molar-refractivity contribution in [2.24, 2.45) is 0 Å². The molecule has 5 heteroatoms. The molecule has 1 fully saturated rings. The molecule has 0 bridgehead atoms. The Hall–Kier alpha value is -0.660. The molecule has 0 aliphatic heterocycles. The molecule has 0 amide bonds. The minimum Gasteiger partial charge on any atom is -0.191 e. The predicted octanol–water partition coefficient (Wildman–Crippen LogP) is 2.60. The fourth-order valence-corrected chi connectivity index (χ4v) is 2.39. The number of rotatable bonds is 1. The average Bonchev–Trinajstić information content (AvgIpc) is 2.19. The van der Waals surface area contributed by atoms with E-state index in [0.717, 1.165) is 18.4 Å². The van der Waals surface area contributed by atoms with Gasteiger partial charge in [0.15, 0.2) is 5.69 Å². The highest BCUT2D eigenvalue weighted by molar-refractivity contribution is 9.10. The molecule has 2 unspecified atom stereocenters. The number of alkyl halides is 1. The molecule has 0 N–H and O–H groups in total. The van der Waals surface area contributed by atoms with Crippen molar-refractivity contribution in [1.82, 2.24) is 10.2 Å². The van der Waals surface area contributed by atoms with Gasteiger partial charge in [0.2, 0.25) is 0 Å². The van der Waals surface area contributed by atoms with Gasteiger partial charge in [0.05, 0.1) is 0 Å². The number of nitriles is 1. The van der Waals surface area contributed by atoms with Crippen LogP contribution in [-0.4, -0.2) is 15.6 Å². The first kappa shape index (κ1) is 9.88. The Morgan fingerprint density at radius 2 is 2.29 bits per heavy atom. The van der Waals surface area contributed by atoms with Crippen LogP contribution in [0.2, 0.25) is 0 Å². The number of hydrogen-bond donors (Lipinski definition) is 0. The van der Waals surface area contributed by atoms with E-state index in [4.69, 9.17) is 16.9 Å². The summed E-state index contributed by atoms with van der Waals surface area (Å²) in [6, 6.07) is 3.74. The molecule has 14 heavy (non-hydrogen) atoms. The lowest BCUT2D eigenvalue weighted by Crippen LogP contribution is -2.24. The molecule has 2 rings (SSSR count). The van der Waals surface area contributed by atoms with E-state index >= 15 is 0 Å². The van der Waals surface area contributed by atoms with E-state index in [-0.39, 0.29) is 5.38 Å². The van der Waals surface area contributed by atoms with Gasteiger partial charge in [0.25, 0.3) is 0 Å². The van der Waals surface area contributed by atoms with Crippen LogP contribution >= 0.6 is 27.5 Å². The molecule has 1 heterocycles. The molecule has 1 aliphatic rings. The normalized spacial score (nSPS) is 25.2. The Morgan fingerprint density at radius 3 is 2.79 bits per heavy atom. The van der Waals surface area contributed by atoms with Crippen molar-refractivity contribution in [3.05, 3.63) is 21.9 Å². The summed E-state index contributed by atoms with van der Waals surface area (Å²) in [5.74, 6) is 0.314. The number of nitrogens with zero attached hydrogens (tertiary/aromatic N) is 3. The van der Waals surface area contributed by atoms with Crippen molar-refractivity contribution in [2.45, 2.75) is 24.1 Å². The number of hydrogen-bond acceptors (Lipinski definition) is 3. The minimum absolute atomic E-state index is 0.169. The molecule has 2 atom stereocenters. The van der Waals surface area contributed by atoms with Crippen LogP contribution in [0.1, 0.15) is 30.0 Å². The molecular formula is C9H7BrClN3. The maximum Gasteiger partial charge on any atom is 0.163 e. The van der Waals surface area contributed by atoms with Gasteiger partial charge in [-0.25, -0.2) is 0 Å². The van der Waals surface area contributed by atoms with Gasteiger partial charge in [-0.1, -0.05) is 0 Å². The average molecular weight is 273 g/mol. The van der Waals surface area contributed by atoms with Gasteiger partial charge in [-0.2, -0.15) is 5.26 Å². The summed E-state index contributed by atoms with van der Waals surface area (Å²) in [6.45, 7) is 0. The van der Waals surface area contributed by atoms with Crippen molar-refractivity contribution in [3.63, 3.8) is 0 Å². The van der Waals surface area contributed by atoms with Crippen LogP contribution in [0.25, 0.3) is 0 Å². The Morgan fingerprint density at radius 1 is 1.50 bits per heavy atom. The summed E-state index contributed by atoms with van der Waals surface area (Å²) in [6.07, 6.45) is 2.09. The second-order valence-corrected chi connectivity index (χ2v) is 4.60. The first-order valence-electron chi connectivity index (χ1n) is 4.29. The molecule has 0 spiro atoms. The van der Waals surface area contributed by atoms with Gasteiger partial charge in [-0.05, 0) is 40.4 Å². The van der Waals surface area contributed by atoms with Crippen molar-refractivity contribution in [1.29, 1.82) is 5.26 Å². The Bertz CT molecular complexity index is 402. The molecule has 1 aromatic rings. The van der Waals surface area contributed by atoms with Crippen LogP contribution in [0.5, 0.6) is 0 Å². The Labute approximate surface area is 95.2 Å². The van der Waals surface area contributed by atoms with Gasteiger partial charge in [0.1, 0.15) is 10.7 Å². The van der Waals surface area contributed by atoms with E-state index in [1.165, 1.54) is 0 Å². The first-order chi connectivity index (χ1) is 6.72. The summed E-state index contributed by atoms with van der Waals surface area (Å²) in [4.78, 5) is 0. The number of aromatic nitrogens is 2. The molecule has 0 radical (unpaired) electrons. The predicted molar refractivity (Wildman–Crippen MR) is 56.1 cm³/mol. The van der Waals surface area contributed by atoms with Crippen molar-refractivity contribution in [2.75, 3.05) is 0 Å². The van der Waals surface area contributed by atoms with Gasteiger partial charge < -0.3 is 0 Å². The van der Waals surface area contributed by atoms with Gasteiger partial charge in [-0.15, -0.1) is 21.8 Å². The van der Waals surface area contributed by atoms with E-state index in [0.29, 0.717) is 16.2 Å². The lowest BCUT2D eigenvalue weighted by atomic mass is 9.80. The van der Waals surface area contributed by atoms with E-state index in [2.05, 4.69) is 26.1 Å². The third kappa shape index (κ3) is 1.62. The smallest absolute Gasteiger partial charge is 0.163 e. The fourth-order valence-electron chi connectivity index (χ4n) is 1.52. The summed E-state index contributed by atoms with van der Waals surface area (Å²) in [5.41, 5.74) is 1.35. The van der Waals surface area contributed by atoms with E-state index in [1.54, 1.807) is 6.07 Å². The molecule has 1 aliphatic carbocycles. The van der Waals surface area contributed by atoms with Crippen LogP contribution in [0.3, 0.4) is 0 Å². The molecule has 1 saturated carbocycles. The summed E-state index contributed by atoms with van der Waals surface area (Å²) in [5, 5.41) is 16.5. The van der Waals surface area contributed by atoms with Crippen molar-refractivity contribution in [3.8, 4) is 6.07 Å². The SMILES string of the molecule is N#Cc1cc(C2CCC2Cl)c(Br)nn1. The van der Waals surface area contributed by atoms with Crippen molar-refractivity contribution < 1.29 is 0 Å².